The van der Waals surface area contributed by atoms with Gasteiger partial charge in [-0.15, -0.1) is 0 Å². The number of aromatic amines is 2. The van der Waals surface area contributed by atoms with E-state index in [4.69, 9.17) is 0 Å². The summed E-state index contributed by atoms with van der Waals surface area (Å²) in [6, 6.07) is 9.79. The summed E-state index contributed by atoms with van der Waals surface area (Å²) in [7, 11) is 0. The smallest absolute Gasteiger partial charge is 0.270 e. The van der Waals surface area contributed by atoms with Gasteiger partial charge in [0, 0.05) is 36.8 Å². The molecule has 26 heavy (non-hydrogen) atoms. The summed E-state index contributed by atoms with van der Waals surface area (Å²) in [5.41, 5.74) is 2.47. The van der Waals surface area contributed by atoms with Crippen molar-refractivity contribution < 1.29 is 9.59 Å². The Morgan fingerprint density at radius 3 is 2.96 bits per heavy atom. The van der Waals surface area contributed by atoms with E-state index in [-0.39, 0.29) is 17.7 Å². The first-order valence-electron chi connectivity index (χ1n) is 8.75. The predicted molar refractivity (Wildman–Crippen MR) is 97.7 cm³/mol. The second kappa shape index (κ2) is 6.67. The molecule has 1 aromatic carbocycles. The molecule has 134 valence electrons. The Morgan fingerprint density at radius 1 is 1.31 bits per heavy atom. The maximum atomic E-state index is 12.8. The van der Waals surface area contributed by atoms with Crippen LogP contribution in [0.15, 0.2) is 36.5 Å². The quantitative estimate of drug-likeness (QED) is 0.672. The van der Waals surface area contributed by atoms with E-state index in [0.717, 1.165) is 28.8 Å². The average molecular weight is 351 g/mol. The number of carbonyl (C=O) groups excluding carboxylic acids is 2. The van der Waals surface area contributed by atoms with Crippen LogP contribution >= 0.6 is 0 Å². The van der Waals surface area contributed by atoms with E-state index in [1.807, 2.05) is 35.2 Å². The molecule has 3 aromatic rings. The number of likely N-dealkylation sites (tertiary alicyclic amines) is 1. The molecule has 2 amide bonds. The van der Waals surface area contributed by atoms with Gasteiger partial charge in [-0.2, -0.15) is 0 Å². The molecule has 2 aromatic heterocycles. The Labute approximate surface area is 150 Å². The number of nitrogens with zero attached hydrogens (tertiary/aromatic N) is 2. The highest BCUT2D eigenvalue weighted by atomic mass is 16.2. The van der Waals surface area contributed by atoms with Crippen LogP contribution in [0.2, 0.25) is 0 Å². The number of aromatic nitrogens is 3. The number of H-pyrrole nitrogens is 2. The fourth-order valence-corrected chi connectivity index (χ4v) is 3.42. The molecule has 1 saturated heterocycles. The monoisotopic (exact) mass is 351 g/mol. The van der Waals surface area contributed by atoms with E-state index in [0.29, 0.717) is 25.3 Å². The number of imidazole rings is 1. The van der Waals surface area contributed by atoms with Gasteiger partial charge in [-0.05, 0) is 18.6 Å². The zero-order valence-corrected chi connectivity index (χ0v) is 14.6. The topological polar surface area (TPSA) is 93.9 Å². The van der Waals surface area contributed by atoms with Gasteiger partial charge >= 0.3 is 0 Å². The summed E-state index contributed by atoms with van der Waals surface area (Å²) in [6.45, 7) is 3.27. The Morgan fingerprint density at radius 2 is 2.15 bits per heavy atom. The van der Waals surface area contributed by atoms with Crippen molar-refractivity contribution in [3.8, 4) is 0 Å². The van der Waals surface area contributed by atoms with Crippen LogP contribution in [0.25, 0.3) is 10.9 Å². The van der Waals surface area contributed by atoms with E-state index in [1.54, 1.807) is 6.20 Å². The summed E-state index contributed by atoms with van der Waals surface area (Å²) < 4.78 is 0. The largest absolute Gasteiger partial charge is 0.351 e. The van der Waals surface area contributed by atoms with Crippen LogP contribution in [0, 0.1) is 0 Å². The van der Waals surface area contributed by atoms with Gasteiger partial charge in [0.15, 0.2) is 0 Å². The van der Waals surface area contributed by atoms with Gasteiger partial charge in [0.25, 0.3) is 5.91 Å². The van der Waals surface area contributed by atoms with Crippen LogP contribution in [0.1, 0.15) is 41.3 Å². The highest BCUT2D eigenvalue weighted by molar-refractivity contribution is 5.98. The summed E-state index contributed by atoms with van der Waals surface area (Å²) in [5, 5.41) is 3.79. The Bertz CT molecular complexity index is 925. The molecule has 1 aliphatic rings. The minimum atomic E-state index is -0.0721. The van der Waals surface area contributed by atoms with E-state index >= 15 is 0 Å². The number of para-hydroxylation sites is 1. The van der Waals surface area contributed by atoms with Crippen molar-refractivity contribution in [2.75, 3.05) is 13.1 Å². The highest BCUT2D eigenvalue weighted by Crippen LogP contribution is 2.27. The van der Waals surface area contributed by atoms with Gasteiger partial charge in [0.2, 0.25) is 5.91 Å². The van der Waals surface area contributed by atoms with Crippen molar-refractivity contribution >= 4 is 22.7 Å². The number of benzene rings is 1. The Hall–Kier alpha value is -3.09. The lowest BCUT2D eigenvalue weighted by molar-refractivity contribution is -0.119. The minimum Gasteiger partial charge on any atom is -0.351 e. The molecule has 7 nitrogen and oxygen atoms in total. The SMILES string of the molecule is CC(=O)NCc1cnc([C@@H]2CCN(C(=O)c3cc4ccccc4[nH]3)C2)[nH]1. The molecule has 0 saturated carbocycles. The van der Waals surface area contributed by atoms with Crippen molar-refractivity contribution in [2.24, 2.45) is 0 Å². The predicted octanol–water partition coefficient (Wildman–Crippen LogP) is 2.16. The zero-order valence-electron chi connectivity index (χ0n) is 14.6. The highest BCUT2D eigenvalue weighted by Gasteiger charge is 2.30. The van der Waals surface area contributed by atoms with Crippen LogP contribution in [0.4, 0.5) is 0 Å². The summed E-state index contributed by atoms with van der Waals surface area (Å²) in [4.78, 5) is 36.6. The second-order valence-electron chi connectivity index (χ2n) is 6.71. The molecule has 0 radical (unpaired) electrons. The normalized spacial score (nSPS) is 17.0. The van der Waals surface area contributed by atoms with Gasteiger partial charge in [0.1, 0.15) is 11.5 Å². The summed E-state index contributed by atoms with van der Waals surface area (Å²) in [6.07, 6.45) is 2.62. The molecule has 1 fully saturated rings. The number of hydrogen-bond donors (Lipinski definition) is 3. The van der Waals surface area contributed by atoms with E-state index in [9.17, 15) is 9.59 Å². The standard InChI is InChI=1S/C19H21N5O2/c1-12(25)20-9-15-10-21-18(22-15)14-6-7-24(11-14)19(26)17-8-13-4-2-3-5-16(13)23-17/h2-5,8,10,14,23H,6-7,9,11H2,1H3,(H,20,25)(H,21,22)/t14-/m1/s1. The van der Waals surface area contributed by atoms with Crippen molar-refractivity contribution in [3.05, 3.63) is 53.7 Å². The first kappa shape index (κ1) is 16.4. The molecule has 3 heterocycles. The van der Waals surface area contributed by atoms with Crippen molar-refractivity contribution in [1.82, 2.24) is 25.2 Å². The molecule has 0 spiro atoms. The van der Waals surface area contributed by atoms with Crippen molar-refractivity contribution in [1.29, 1.82) is 0 Å². The van der Waals surface area contributed by atoms with Gasteiger partial charge in [-0.1, -0.05) is 18.2 Å². The number of rotatable bonds is 4. The average Bonchev–Trinajstić information content (AvgIpc) is 3.37. The fourth-order valence-electron chi connectivity index (χ4n) is 3.42. The first-order chi connectivity index (χ1) is 12.6. The molecule has 1 aliphatic heterocycles. The Balaban J connectivity index is 1.43. The van der Waals surface area contributed by atoms with Crippen LogP contribution in [0.3, 0.4) is 0 Å². The maximum Gasteiger partial charge on any atom is 0.270 e. The lowest BCUT2D eigenvalue weighted by Crippen LogP contribution is -2.28. The number of fused-ring (bicyclic) bond motifs is 1. The lowest BCUT2D eigenvalue weighted by atomic mass is 10.1. The van der Waals surface area contributed by atoms with Gasteiger partial charge in [-0.25, -0.2) is 4.98 Å². The second-order valence-corrected chi connectivity index (χ2v) is 6.71. The van der Waals surface area contributed by atoms with Gasteiger partial charge < -0.3 is 20.2 Å². The number of hydrogen-bond acceptors (Lipinski definition) is 3. The molecule has 0 aliphatic carbocycles. The van der Waals surface area contributed by atoms with E-state index in [2.05, 4.69) is 20.3 Å². The van der Waals surface area contributed by atoms with Crippen LogP contribution in [-0.2, 0) is 11.3 Å². The molecular weight excluding hydrogens is 330 g/mol. The number of nitrogens with one attached hydrogen (secondary N) is 3. The third kappa shape index (κ3) is 3.20. The van der Waals surface area contributed by atoms with E-state index < -0.39 is 0 Å². The Kier molecular flexibility index (Phi) is 4.20. The first-order valence-corrected chi connectivity index (χ1v) is 8.75. The summed E-state index contributed by atoms with van der Waals surface area (Å²) >= 11 is 0. The molecule has 1 atom stereocenters. The molecule has 4 rings (SSSR count). The fraction of sp³-hybridized carbons (Fsp3) is 0.316. The molecular formula is C19H21N5O2. The summed E-state index contributed by atoms with van der Waals surface area (Å²) in [5.74, 6) is 1.01. The third-order valence-corrected chi connectivity index (χ3v) is 4.80. The molecule has 0 bridgehead atoms. The molecule has 0 unspecified atom stereocenters. The lowest BCUT2D eigenvalue weighted by Gasteiger charge is -2.15. The third-order valence-electron chi connectivity index (χ3n) is 4.80. The number of amides is 2. The van der Waals surface area contributed by atoms with Crippen LogP contribution in [-0.4, -0.2) is 44.8 Å². The zero-order chi connectivity index (χ0) is 18.1. The van der Waals surface area contributed by atoms with Crippen LogP contribution in [0.5, 0.6) is 0 Å². The maximum absolute atomic E-state index is 12.8. The minimum absolute atomic E-state index is 0.0220. The number of carbonyl (C=O) groups is 2. The van der Waals surface area contributed by atoms with Gasteiger partial charge in [0.05, 0.1) is 18.4 Å². The van der Waals surface area contributed by atoms with Crippen molar-refractivity contribution in [2.45, 2.75) is 25.8 Å². The van der Waals surface area contributed by atoms with Gasteiger partial charge in [-0.3, -0.25) is 9.59 Å². The van der Waals surface area contributed by atoms with Crippen LogP contribution < -0.4 is 5.32 Å². The molecule has 3 N–H and O–H groups in total. The van der Waals surface area contributed by atoms with Crippen molar-refractivity contribution in [3.63, 3.8) is 0 Å². The van der Waals surface area contributed by atoms with E-state index in [1.165, 1.54) is 6.92 Å². The molecule has 7 heteroatoms.